The van der Waals surface area contributed by atoms with Crippen LogP contribution < -0.4 is 0 Å². The maximum absolute atomic E-state index is 12.0. The Morgan fingerprint density at radius 3 is 2.44 bits per heavy atom. The van der Waals surface area contributed by atoms with E-state index in [9.17, 15) is 9.59 Å². The van der Waals surface area contributed by atoms with E-state index < -0.39 is 23.5 Å². The highest BCUT2D eigenvalue weighted by Gasteiger charge is 2.43. The molecule has 1 fully saturated rings. The standard InChI is InChI=1S/C12H20ClNO4/c1-7(12(2,3)4)18-10(15)9-8(13)5-6-14(9)11(16)17/h7-9H,5-6H2,1-4H3,(H,16,17). The van der Waals surface area contributed by atoms with Gasteiger partial charge in [-0.05, 0) is 18.8 Å². The lowest BCUT2D eigenvalue weighted by molar-refractivity contribution is -0.158. The minimum absolute atomic E-state index is 0.190. The molecule has 5 nitrogen and oxygen atoms in total. The van der Waals surface area contributed by atoms with Gasteiger partial charge in [-0.15, -0.1) is 11.6 Å². The number of halogens is 1. The molecule has 0 aromatic rings. The molecule has 0 aromatic heterocycles. The number of rotatable bonds is 2. The van der Waals surface area contributed by atoms with Crippen LogP contribution in [0.25, 0.3) is 0 Å². The van der Waals surface area contributed by atoms with Crippen molar-refractivity contribution in [2.45, 2.75) is 51.6 Å². The first-order chi connectivity index (χ1) is 8.14. The molecule has 1 amide bonds. The Labute approximate surface area is 112 Å². The van der Waals surface area contributed by atoms with Crippen molar-refractivity contribution in [1.82, 2.24) is 4.90 Å². The number of likely N-dealkylation sites (tertiary alicyclic amines) is 1. The predicted molar refractivity (Wildman–Crippen MR) is 67.8 cm³/mol. The van der Waals surface area contributed by atoms with Crippen molar-refractivity contribution < 1.29 is 19.4 Å². The largest absolute Gasteiger partial charge is 0.465 e. The molecule has 3 atom stereocenters. The molecule has 1 aliphatic heterocycles. The third kappa shape index (κ3) is 3.28. The molecule has 0 aromatic carbocycles. The molecular weight excluding hydrogens is 258 g/mol. The summed E-state index contributed by atoms with van der Waals surface area (Å²) in [7, 11) is 0. The molecule has 1 heterocycles. The van der Waals surface area contributed by atoms with Gasteiger partial charge in [0.25, 0.3) is 0 Å². The van der Waals surface area contributed by atoms with Gasteiger partial charge in [0.1, 0.15) is 12.1 Å². The van der Waals surface area contributed by atoms with Crippen molar-refractivity contribution in [2.75, 3.05) is 6.54 Å². The monoisotopic (exact) mass is 277 g/mol. The Kier molecular flexibility index (Phi) is 4.48. The summed E-state index contributed by atoms with van der Waals surface area (Å²) in [6.45, 7) is 7.92. The van der Waals surface area contributed by atoms with Gasteiger partial charge in [-0.3, -0.25) is 4.90 Å². The summed E-state index contributed by atoms with van der Waals surface area (Å²) >= 11 is 6.00. The van der Waals surface area contributed by atoms with Gasteiger partial charge in [-0.25, -0.2) is 9.59 Å². The zero-order valence-electron chi connectivity index (χ0n) is 11.1. The molecule has 0 radical (unpaired) electrons. The lowest BCUT2D eigenvalue weighted by Gasteiger charge is -2.30. The summed E-state index contributed by atoms with van der Waals surface area (Å²) in [5.74, 6) is -0.558. The van der Waals surface area contributed by atoms with Crippen molar-refractivity contribution in [3.05, 3.63) is 0 Å². The molecule has 0 spiro atoms. The second-order valence-electron chi connectivity index (χ2n) is 5.67. The van der Waals surface area contributed by atoms with Crippen LogP contribution >= 0.6 is 11.6 Å². The SMILES string of the molecule is CC(OC(=O)C1C(Cl)CCN1C(=O)O)C(C)(C)C. The topological polar surface area (TPSA) is 66.8 Å². The lowest BCUT2D eigenvalue weighted by atomic mass is 9.90. The van der Waals surface area contributed by atoms with Crippen molar-refractivity contribution in [1.29, 1.82) is 0 Å². The van der Waals surface area contributed by atoms with Gasteiger partial charge >= 0.3 is 12.1 Å². The third-order valence-electron chi connectivity index (χ3n) is 3.32. The van der Waals surface area contributed by atoms with E-state index in [-0.39, 0.29) is 18.1 Å². The van der Waals surface area contributed by atoms with Crippen LogP contribution in [0.1, 0.15) is 34.1 Å². The smallest absolute Gasteiger partial charge is 0.408 e. The van der Waals surface area contributed by atoms with E-state index in [0.29, 0.717) is 6.42 Å². The van der Waals surface area contributed by atoms with Gasteiger partial charge in [0.2, 0.25) is 0 Å². The number of carbonyl (C=O) groups excluding carboxylic acids is 1. The first kappa shape index (κ1) is 15.1. The van der Waals surface area contributed by atoms with Gasteiger partial charge in [-0.1, -0.05) is 20.8 Å². The summed E-state index contributed by atoms with van der Waals surface area (Å²) < 4.78 is 5.32. The van der Waals surface area contributed by atoms with Crippen molar-refractivity contribution in [3.63, 3.8) is 0 Å². The average Bonchev–Trinajstić information content (AvgIpc) is 2.58. The molecule has 0 aliphatic carbocycles. The summed E-state index contributed by atoms with van der Waals surface area (Å²) in [5, 5.41) is 8.49. The Balaban J connectivity index is 2.73. The zero-order valence-corrected chi connectivity index (χ0v) is 11.9. The number of carboxylic acid groups (broad SMARTS) is 1. The minimum atomic E-state index is -1.14. The lowest BCUT2D eigenvalue weighted by Crippen LogP contribution is -2.46. The van der Waals surface area contributed by atoms with E-state index in [0.717, 1.165) is 4.90 Å². The fraction of sp³-hybridized carbons (Fsp3) is 0.833. The van der Waals surface area contributed by atoms with Crippen LogP contribution in [0.4, 0.5) is 4.79 Å². The van der Waals surface area contributed by atoms with Crippen LogP contribution in [0.3, 0.4) is 0 Å². The number of hydrogen-bond acceptors (Lipinski definition) is 3. The van der Waals surface area contributed by atoms with Crippen molar-refractivity contribution in [2.24, 2.45) is 5.41 Å². The number of amides is 1. The molecule has 1 N–H and O–H groups in total. The zero-order chi connectivity index (χ0) is 14.1. The summed E-state index contributed by atoms with van der Waals surface area (Å²) in [5.41, 5.74) is -0.190. The molecular formula is C12H20ClNO4. The Morgan fingerprint density at radius 1 is 1.44 bits per heavy atom. The number of nitrogens with zero attached hydrogens (tertiary/aromatic N) is 1. The maximum atomic E-state index is 12.0. The van der Waals surface area contributed by atoms with Gasteiger partial charge in [0.05, 0.1) is 5.38 Å². The van der Waals surface area contributed by atoms with Crippen LogP contribution in [-0.2, 0) is 9.53 Å². The quantitative estimate of drug-likeness (QED) is 0.621. The second kappa shape index (κ2) is 5.34. The first-order valence-corrected chi connectivity index (χ1v) is 6.42. The molecule has 1 saturated heterocycles. The number of hydrogen-bond donors (Lipinski definition) is 1. The van der Waals surface area contributed by atoms with Gasteiger partial charge in [-0.2, -0.15) is 0 Å². The molecule has 0 saturated carbocycles. The van der Waals surface area contributed by atoms with Crippen LogP contribution in [0.15, 0.2) is 0 Å². The summed E-state index contributed by atoms with van der Waals surface area (Å²) in [4.78, 5) is 24.1. The van der Waals surface area contributed by atoms with Crippen LogP contribution in [0, 0.1) is 5.41 Å². The fourth-order valence-corrected chi connectivity index (χ4v) is 2.00. The average molecular weight is 278 g/mol. The highest BCUT2D eigenvalue weighted by atomic mass is 35.5. The van der Waals surface area contributed by atoms with Gasteiger partial charge < -0.3 is 9.84 Å². The molecule has 1 aliphatic rings. The van der Waals surface area contributed by atoms with Crippen LogP contribution in [-0.4, -0.2) is 46.1 Å². The van der Waals surface area contributed by atoms with Crippen molar-refractivity contribution >= 4 is 23.7 Å². The second-order valence-corrected chi connectivity index (χ2v) is 6.23. The van der Waals surface area contributed by atoms with Crippen LogP contribution in [0.5, 0.6) is 0 Å². The molecule has 104 valence electrons. The number of ether oxygens (including phenoxy) is 1. The Morgan fingerprint density at radius 2 is 2.00 bits per heavy atom. The van der Waals surface area contributed by atoms with E-state index in [1.54, 1.807) is 6.92 Å². The van der Waals surface area contributed by atoms with Crippen molar-refractivity contribution in [3.8, 4) is 0 Å². The van der Waals surface area contributed by atoms with E-state index in [4.69, 9.17) is 21.4 Å². The normalized spacial score (nSPS) is 25.9. The Hall–Kier alpha value is -0.970. The molecule has 3 unspecified atom stereocenters. The first-order valence-electron chi connectivity index (χ1n) is 5.98. The summed E-state index contributed by atoms with van der Waals surface area (Å²) in [6, 6.07) is -0.894. The summed E-state index contributed by atoms with van der Waals surface area (Å²) in [6.07, 6.45) is -0.967. The van der Waals surface area contributed by atoms with E-state index in [1.165, 1.54) is 0 Å². The fourth-order valence-electron chi connectivity index (χ4n) is 1.66. The van der Waals surface area contributed by atoms with E-state index >= 15 is 0 Å². The molecule has 6 heteroatoms. The van der Waals surface area contributed by atoms with Gasteiger partial charge in [0, 0.05) is 6.54 Å². The minimum Gasteiger partial charge on any atom is -0.465 e. The Bertz CT molecular complexity index is 339. The molecule has 1 rings (SSSR count). The maximum Gasteiger partial charge on any atom is 0.408 e. The van der Waals surface area contributed by atoms with Crippen LogP contribution in [0.2, 0.25) is 0 Å². The highest BCUT2D eigenvalue weighted by Crippen LogP contribution is 2.27. The van der Waals surface area contributed by atoms with E-state index in [1.807, 2.05) is 20.8 Å². The number of carbonyl (C=O) groups is 2. The van der Waals surface area contributed by atoms with Gasteiger partial charge in [0.15, 0.2) is 0 Å². The number of alkyl halides is 1. The highest BCUT2D eigenvalue weighted by molar-refractivity contribution is 6.23. The third-order valence-corrected chi connectivity index (χ3v) is 3.78. The molecule has 0 bridgehead atoms. The molecule has 18 heavy (non-hydrogen) atoms. The van der Waals surface area contributed by atoms with E-state index in [2.05, 4.69) is 0 Å². The number of esters is 1. The predicted octanol–water partition coefficient (Wildman–Crippen LogP) is 2.32.